The molecule has 0 unspecified atom stereocenters. The van der Waals surface area contributed by atoms with Crippen molar-refractivity contribution in [1.82, 2.24) is 0 Å². The third-order valence-electron chi connectivity index (χ3n) is 3.36. The van der Waals surface area contributed by atoms with Crippen LogP contribution in [0.4, 0.5) is 17.1 Å². The first-order valence-electron chi connectivity index (χ1n) is 6.29. The maximum Gasteiger partial charge on any atom is 0.273 e. The number of aliphatic hydroxyl groups excluding tert-OH is 1. The van der Waals surface area contributed by atoms with E-state index < -0.39 is 4.92 Å². The predicted molar refractivity (Wildman–Crippen MR) is 72.8 cm³/mol. The minimum absolute atomic E-state index is 0.00575. The van der Waals surface area contributed by atoms with Gasteiger partial charge in [0.2, 0.25) is 0 Å². The van der Waals surface area contributed by atoms with Gasteiger partial charge in [-0.3, -0.25) is 16.0 Å². The quantitative estimate of drug-likeness (QED) is 0.374. The molecule has 7 heteroatoms. The van der Waals surface area contributed by atoms with E-state index in [9.17, 15) is 15.2 Å². The third-order valence-corrected chi connectivity index (χ3v) is 3.36. The molecular formula is C12H18N4O3. The molecule has 2 rings (SSSR count). The Hall–Kier alpha value is -1.86. The van der Waals surface area contributed by atoms with Gasteiger partial charge in [-0.1, -0.05) is 0 Å². The van der Waals surface area contributed by atoms with E-state index in [2.05, 4.69) is 10.7 Å². The highest BCUT2D eigenvalue weighted by Crippen LogP contribution is 2.27. The summed E-state index contributed by atoms with van der Waals surface area (Å²) in [6, 6.07) is 4.84. The SMILES string of the molecule is NNc1cc(NC2CCC(O)CC2)cc([N+](=O)[O-])c1. The second-order valence-electron chi connectivity index (χ2n) is 4.82. The number of nitrogen functional groups attached to an aromatic ring is 1. The Bertz CT molecular complexity index is 458. The Morgan fingerprint density at radius 2 is 1.84 bits per heavy atom. The largest absolute Gasteiger partial charge is 0.393 e. The van der Waals surface area contributed by atoms with Crippen LogP contribution in [-0.4, -0.2) is 22.2 Å². The van der Waals surface area contributed by atoms with E-state index in [4.69, 9.17) is 5.84 Å². The first-order chi connectivity index (χ1) is 9.08. The first-order valence-corrected chi connectivity index (χ1v) is 6.29. The summed E-state index contributed by atoms with van der Waals surface area (Å²) < 4.78 is 0. The second kappa shape index (κ2) is 5.85. The number of aliphatic hydroxyl groups is 1. The number of hydrogen-bond donors (Lipinski definition) is 4. The van der Waals surface area contributed by atoms with Gasteiger partial charge in [-0.2, -0.15) is 0 Å². The van der Waals surface area contributed by atoms with Gasteiger partial charge in [0.15, 0.2) is 0 Å². The van der Waals surface area contributed by atoms with E-state index in [1.807, 2.05) is 0 Å². The van der Waals surface area contributed by atoms with Crippen molar-refractivity contribution in [1.29, 1.82) is 0 Å². The maximum absolute atomic E-state index is 10.8. The average Bonchev–Trinajstić information content (AvgIpc) is 2.41. The molecule has 0 heterocycles. The standard InChI is InChI=1S/C12H18N4O3/c13-15-10-5-9(6-11(7-10)16(18)19)14-8-1-3-12(17)4-2-8/h5-8,12,14-15,17H,1-4,13H2. The highest BCUT2D eigenvalue weighted by atomic mass is 16.6. The molecule has 0 spiro atoms. The molecule has 0 aromatic heterocycles. The highest BCUT2D eigenvalue weighted by molar-refractivity contribution is 5.63. The summed E-state index contributed by atoms with van der Waals surface area (Å²) in [7, 11) is 0. The van der Waals surface area contributed by atoms with Crippen LogP contribution in [0.3, 0.4) is 0 Å². The number of nitro groups is 1. The predicted octanol–water partition coefficient (Wildman–Crippen LogP) is 1.60. The van der Waals surface area contributed by atoms with E-state index in [0.717, 1.165) is 25.7 Å². The van der Waals surface area contributed by atoms with Gasteiger partial charge in [0.05, 0.1) is 16.7 Å². The lowest BCUT2D eigenvalue weighted by Crippen LogP contribution is -2.28. The number of benzene rings is 1. The molecule has 1 saturated carbocycles. The molecule has 0 amide bonds. The van der Waals surface area contributed by atoms with Crippen LogP contribution >= 0.6 is 0 Å². The fourth-order valence-electron chi connectivity index (χ4n) is 2.34. The zero-order valence-electron chi connectivity index (χ0n) is 10.5. The van der Waals surface area contributed by atoms with Gasteiger partial charge < -0.3 is 15.8 Å². The summed E-state index contributed by atoms with van der Waals surface area (Å²) in [6.07, 6.45) is 3.01. The number of nitrogens with two attached hydrogens (primary N) is 1. The molecule has 0 atom stereocenters. The number of nitrogens with one attached hydrogen (secondary N) is 2. The second-order valence-corrected chi connectivity index (χ2v) is 4.82. The Morgan fingerprint density at radius 3 is 2.42 bits per heavy atom. The summed E-state index contributed by atoms with van der Waals surface area (Å²) in [5, 5.41) is 23.5. The zero-order valence-corrected chi connectivity index (χ0v) is 10.5. The van der Waals surface area contributed by atoms with Crippen LogP contribution in [-0.2, 0) is 0 Å². The first kappa shape index (κ1) is 13.6. The van der Waals surface area contributed by atoms with E-state index in [-0.39, 0.29) is 17.8 Å². The van der Waals surface area contributed by atoms with E-state index in [1.165, 1.54) is 12.1 Å². The van der Waals surface area contributed by atoms with Gasteiger partial charge in [0, 0.05) is 23.9 Å². The molecule has 0 saturated heterocycles. The molecule has 1 aliphatic rings. The molecule has 0 radical (unpaired) electrons. The number of hydrazine groups is 1. The molecule has 1 aromatic rings. The maximum atomic E-state index is 10.8. The number of nitro benzene ring substituents is 1. The molecule has 1 fully saturated rings. The summed E-state index contributed by atoms with van der Waals surface area (Å²) in [5.41, 5.74) is 3.58. The molecule has 19 heavy (non-hydrogen) atoms. The van der Waals surface area contributed by atoms with Crippen LogP contribution in [0.15, 0.2) is 18.2 Å². The van der Waals surface area contributed by atoms with Gasteiger partial charge >= 0.3 is 0 Å². The molecular weight excluding hydrogens is 248 g/mol. The molecule has 0 aliphatic heterocycles. The van der Waals surface area contributed by atoms with Crippen LogP contribution in [0.2, 0.25) is 0 Å². The lowest BCUT2D eigenvalue weighted by atomic mass is 9.93. The molecule has 1 aliphatic carbocycles. The zero-order chi connectivity index (χ0) is 13.8. The van der Waals surface area contributed by atoms with Crippen LogP contribution in [0.25, 0.3) is 0 Å². The van der Waals surface area contributed by atoms with Crippen molar-refractivity contribution in [3.63, 3.8) is 0 Å². The number of rotatable bonds is 4. The van der Waals surface area contributed by atoms with Crippen molar-refractivity contribution in [3.05, 3.63) is 28.3 Å². The average molecular weight is 266 g/mol. The normalized spacial score (nSPS) is 22.8. The van der Waals surface area contributed by atoms with E-state index in [0.29, 0.717) is 11.4 Å². The number of anilines is 2. The lowest BCUT2D eigenvalue weighted by Gasteiger charge is -2.27. The fourth-order valence-corrected chi connectivity index (χ4v) is 2.34. The van der Waals surface area contributed by atoms with E-state index in [1.54, 1.807) is 6.07 Å². The third kappa shape index (κ3) is 3.55. The molecule has 0 bridgehead atoms. The monoisotopic (exact) mass is 266 g/mol. The van der Waals surface area contributed by atoms with Gasteiger partial charge in [0.1, 0.15) is 0 Å². The smallest absolute Gasteiger partial charge is 0.273 e. The summed E-state index contributed by atoms with van der Waals surface area (Å²) in [5.74, 6) is 5.31. The van der Waals surface area contributed by atoms with Crippen LogP contribution in [0.5, 0.6) is 0 Å². The molecule has 5 N–H and O–H groups in total. The minimum Gasteiger partial charge on any atom is -0.393 e. The fraction of sp³-hybridized carbons (Fsp3) is 0.500. The van der Waals surface area contributed by atoms with E-state index >= 15 is 0 Å². The number of non-ortho nitro benzene ring substituents is 1. The number of nitrogens with zero attached hydrogens (tertiary/aromatic N) is 1. The molecule has 7 nitrogen and oxygen atoms in total. The number of hydrogen-bond acceptors (Lipinski definition) is 6. The van der Waals surface area contributed by atoms with Crippen LogP contribution in [0, 0.1) is 10.1 Å². The van der Waals surface area contributed by atoms with Crippen molar-refractivity contribution in [2.45, 2.75) is 37.8 Å². The Kier molecular flexibility index (Phi) is 4.18. The van der Waals surface area contributed by atoms with Gasteiger partial charge in [-0.25, -0.2) is 0 Å². The Morgan fingerprint density at radius 1 is 1.21 bits per heavy atom. The topological polar surface area (TPSA) is 113 Å². The van der Waals surface area contributed by atoms with Gasteiger partial charge in [0.25, 0.3) is 5.69 Å². The molecule has 104 valence electrons. The van der Waals surface area contributed by atoms with Crippen molar-refractivity contribution < 1.29 is 10.0 Å². The Balaban J connectivity index is 2.10. The van der Waals surface area contributed by atoms with Crippen molar-refractivity contribution in [2.75, 3.05) is 10.7 Å². The van der Waals surface area contributed by atoms with Gasteiger partial charge in [-0.05, 0) is 31.7 Å². The Labute approximate surface area is 110 Å². The van der Waals surface area contributed by atoms with Crippen LogP contribution in [0.1, 0.15) is 25.7 Å². The summed E-state index contributed by atoms with van der Waals surface area (Å²) in [4.78, 5) is 10.4. The molecule has 1 aromatic carbocycles. The van der Waals surface area contributed by atoms with Crippen molar-refractivity contribution in [3.8, 4) is 0 Å². The summed E-state index contributed by atoms with van der Waals surface area (Å²) >= 11 is 0. The van der Waals surface area contributed by atoms with Crippen molar-refractivity contribution in [2.24, 2.45) is 5.84 Å². The van der Waals surface area contributed by atoms with Gasteiger partial charge in [-0.15, -0.1) is 0 Å². The van der Waals surface area contributed by atoms with Crippen molar-refractivity contribution >= 4 is 17.1 Å². The summed E-state index contributed by atoms with van der Waals surface area (Å²) in [6.45, 7) is 0. The minimum atomic E-state index is -0.448. The van der Waals surface area contributed by atoms with Crippen LogP contribution < -0.4 is 16.6 Å². The highest BCUT2D eigenvalue weighted by Gasteiger charge is 2.20. The lowest BCUT2D eigenvalue weighted by molar-refractivity contribution is -0.384.